The molecule has 0 rings (SSSR count). The summed E-state index contributed by atoms with van der Waals surface area (Å²) < 4.78 is 0. The number of rotatable bonds is 6. The van der Waals surface area contributed by atoms with Crippen molar-refractivity contribution in [2.75, 3.05) is 6.54 Å². The third-order valence-electron chi connectivity index (χ3n) is 2.37. The van der Waals surface area contributed by atoms with Crippen LogP contribution in [0.15, 0.2) is 0 Å². The van der Waals surface area contributed by atoms with Crippen molar-refractivity contribution < 1.29 is 5.11 Å². The zero-order valence-electron chi connectivity index (χ0n) is 11.3. The summed E-state index contributed by atoms with van der Waals surface area (Å²) in [6, 6.07) is 0.500. The van der Waals surface area contributed by atoms with Crippen LogP contribution in [0.5, 0.6) is 0 Å². The predicted octanol–water partition coefficient (Wildman–Crippen LogP) is 2.81. The lowest BCUT2D eigenvalue weighted by Gasteiger charge is -2.24. The zero-order chi connectivity index (χ0) is 12.1. The molecular weight excluding hydrogens is 186 g/mol. The highest BCUT2D eigenvalue weighted by molar-refractivity contribution is 4.72. The van der Waals surface area contributed by atoms with E-state index in [1.807, 2.05) is 0 Å². The van der Waals surface area contributed by atoms with Crippen LogP contribution < -0.4 is 5.32 Å². The van der Waals surface area contributed by atoms with E-state index >= 15 is 0 Å². The predicted molar refractivity (Wildman–Crippen MR) is 67.0 cm³/mol. The van der Waals surface area contributed by atoms with Gasteiger partial charge >= 0.3 is 0 Å². The molecule has 0 aliphatic heterocycles. The van der Waals surface area contributed by atoms with E-state index in [9.17, 15) is 5.11 Å². The molecule has 2 N–H and O–H groups in total. The summed E-state index contributed by atoms with van der Waals surface area (Å²) >= 11 is 0. The van der Waals surface area contributed by atoms with E-state index in [4.69, 9.17) is 0 Å². The van der Waals surface area contributed by atoms with Gasteiger partial charge in [-0.2, -0.15) is 0 Å². The van der Waals surface area contributed by atoms with Gasteiger partial charge in [0.25, 0.3) is 0 Å². The van der Waals surface area contributed by atoms with Crippen molar-refractivity contribution in [3.63, 3.8) is 0 Å². The second-order valence-corrected chi connectivity index (χ2v) is 6.36. The van der Waals surface area contributed by atoms with Gasteiger partial charge < -0.3 is 10.4 Å². The quantitative estimate of drug-likeness (QED) is 0.714. The Bertz CT molecular complexity index is 160. The second-order valence-electron chi connectivity index (χ2n) is 6.36. The lowest BCUT2D eigenvalue weighted by atomic mass is 9.89. The van der Waals surface area contributed by atoms with Crippen LogP contribution in [0.2, 0.25) is 0 Å². The normalized spacial score (nSPS) is 16.8. The Morgan fingerprint density at radius 3 is 2.07 bits per heavy atom. The molecule has 0 fully saturated rings. The largest absolute Gasteiger partial charge is 0.392 e. The van der Waals surface area contributed by atoms with Gasteiger partial charge in [-0.3, -0.25) is 0 Å². The van der Waals surface area contributed by atoms with Gasteiger partial charge in [0, 0.05) is 12.6 Å². The van der Waals surface area contributed by atoms with Gasteiger partial charge in [-0.25, -0.2) is 0 Å². The summed E-state index contributed by atoms with van der Waals surface area (Å²) in [6.45, 7) is 13.8. The average Bonchev–Trinajstić information content (AvgIpc) is 1.96. The Kier molecular flexibility index (Phi) is 6.46. The second kappa shape index (κ2) is 6.49. The fourth-order valence-corrected chi connectivity index (χ4v) is 1.91. The molecule has 2 nitrogen and oxygen atoms in total. The first kappa shape index (κ1) is 14.9. The lowest BCUT2D eigenvalue weighted by Crippen LogP contribution is -2.36. The van der Waals surface area contributed by atoms with Crippen LogP contribution in [-0.2, 0) is 0 Å². The number of hydrogen-bond acceptors (Lipinski definition) is 2. The van der Waals surface area contributed by atoms with Crippen molar-refractivity contribution in [2.24, 2.45) is 11.3 Å². The van der Waals surface area contributed by atoms with Crippen molar-refractivity contribution >= 4 is 0 Å². The van der Waals surface area contributed by atoms with Crippen molar-refractivity contribution in [3.05, 3.63) is 0 Å². The molecule has 0 aliphatic carbocycles. The SMILES string of the molecule is CC(C)CC(C)NCC(O)CC(C)(C)C. The van der Waals surface area contributed by atoms with Gasteiger partial charge in [-0.1, -0.05) is 34.6 Å². The summed E-state index contributed by atoms with van der Waals surface area (Å²) in [5.74, 6) is 0.715. The minimum absolute atomic E-state index is 0.211. The molecule has 0 bridgehead atoms. The molecular formula is C13H29NO. The number of aliphatic hydroxyl groups is 1. The molecule has 15 heavy (non-hydrogen) atoms. The Hall–Kier alpha value is -0.0800. The third kappa shape index (κ3) is 10.2. The van der Waals surface area contributed by atoms with Gasteiger partial charge in [0.2, 0.25) is 0 Å². The molecule has 0 spiro atoms. The minimum atomic E-state index is -0.223. The van der Waals surface area contributed by atoms with Crippen LogP contribution in [0.25, 0.3) is 0 Å². The summed E-state index contributed by atoms with van der Waals surface area (Å²) in [4.78, 5) is 0. The van der Waals surface area contributed by atoms with Crippen LogP contribution in [-0.4, -0.2) is 23.8 Å². The van der Waals surface area contributed by atoms with Crippen LogP contribution in [0.1, 0.15) is 54.4 Å². The Morgan fingerprint density at radius 2 is 1.67 bits per heavy atom. The van der Waals surface area contributed by atoms with Crippen molar-refractivity contribution in [2.45, 2.75) is 66.5 Å². The number of nitrogens with one attached hydrogen (secondary N) is 1. The molecule has 0 aromatic heterocycles. The summed E-state index contributed by atoms with van der Waals surface area (Å²) in [5.41, 5.74) is 0.211. The first-order chi connectivity index (χ1) is 6.70. The molecule has 2 atom stereocenters. The van der Waals surface area contributed by atoms with E-state index in [1.165, 1.54) is 6.42 Å². The molecule has 2 heteroatoms. The summed E-state index contributed by atoms with van der Waals surface area (Å²) in [6.07, 6.45) is 1.80. The highest BCUT2D eigenvalue weighted by atomic mass is 16.3. The summed E-state index contributed by atoms with van der Waals surface area (Å²) in [5, 5.41) is 13.2. The first-order valence-corrected chi connectivity index (χ1v) is 6.12. The van der Waals surface area contributed by atoms with Crippen molar-refractivity contribution in [1.29, 1.82) is 0 Å². The van der Waals surface area contributed by atoms with E-state index in [2.05, 4.69) is 46.9 Å². The van der Waals surface area contributed by atoms with E-state index in [-0.39, 0.29) is 11.5 Å². The monoisotopic (exact) mass is 215 g/mol. The van der Waals surface area contributed by atoms with Crippen LogP contribution in [0, 0.1) is 11.3 Å². The molecule has 0 aliphatic rings. The molecule has 0 saturated heterocycles. The molecule has 0 aromatic rings. The van der Waals surface area contributed by atoms with E-state index in [0.29, 0.717) is 18.5 Å². The smallest absolute Gasteiger partial charge is 0.0669 e. The minimum Gasteiger partial charge on any atom is -0.392 e. The van der Waals surface area contributed by atoms with Crippen molar-refractivity contribution in [3.8, 4) is 0 Å². The van der Waals surface area contributed by atoms with Gasteiger partial charge in [-0.15, -0.1) is 0 Å². The first-order valence-electron chi connectivity index (χ1n) is 6.12. The molecule has 92 valence electrons. The zero-order valence-corrected chi connectivity index (χ0v) is 11.3. The average molecular weight is 215 g/mol. The highest BCUT2D eigenvalue weighted by Crippen LogP contribution is 2.20. The maximum Gasteiger partial charge on any atom is 0.0669 e. The topological polar surface area (TPSA) is 32.3 Å². The van der Waals surface area contributed by atoms with E-state index in [1.54, 1.807) is 0 Å². The van der Waals surface area contributed by atoms with Gasteiger partial charge in [0.1, 0.15) is 0 Å². The number of hydrogen-bond donors (Lipinski definition) is 2. The number of aliphatic hydroxyl groups excluding tert-OH is 1. The van der Waals surface area contributed by atoms with Crippen LogP contribution >= 0.6 is 0 Å². The highest BCUT2D eigenvalue weighted by Gasteiger charge is 2.17. The lowest BCUT2D eigenvalue weighted by molar-refractivity contribution is 0.116. The molecule has 0 heterocycles. The fourth-order valence-electron chi connectivity index (χ4n) is 1.91. The maximum atomic E-state index is 9.81. The Balaban J connectivity index is 3.66. The molecule has 0 amide bonds. The van der Waals surface area contributed by atoms with Gasteiger partial charge in [0.15, 0.2) is 0 Å². The van der Waals surface area contributed by atoms with Crippen molar-refractivity contribution in [1.82, 2.24) is 5.32 Å². The Labute approximate surface area is 95.5 Å². The Morgan fingerprint density at radius 1 is 1.13 bits per heavy atom. The van der Waals surface area contributed by atoms with E-state index < -0.39 is 0 Å². The van der Waals surface area contributed by atoms with Crippen LogP contribution in [0.3, 0.4) is 0 Å². The molecule has 0 radical (unpaired) electrons. The molecule has 2 unspecified atom stereocenters. The summed E-state index contributed by atoms with van der Waals surface area (Å²) in [7, 11) is 0. The standard InChI is InChI=1S/C13H29NO/c1-10(2)7-11(3)14-9-12(15)8-13(4,5)6/h10-12,14-15H,7-9H2,1-6H3. The van der Waals surface area contributed by atoms with E-state index in [0.717, 1.165) is 6.42 Å². The molecule has 0 saturated carbocycles. The third-order valence-corrected chi connectivity index (χ3v) is 2.37. The van der Waals surface area contributed by atoms with Crippen LogP contribution in [0.4, 0.5) is 0 Å². The van der Waals surface area contributed by atoms with Gasteiger partial charge in [-0.05, 0) is 31.1 Å². The fraction of sp³-hybridized carbons (Fsp3) is 1.00. The van der Waals surface area contributed by atoms with Gasteiger partial charge in [0.05, 0.1) is 6.10 Å². The maximum absolute atomic E-state index is 9.81. The molecule has 0 aromatic carbocycles.